The molecule has 0 fully saturated rings. The Morgan fingerprint density at radius 2 is 2.15 bits per heavy atom. The van der Waals surface area contributed by atoms with Gasteiger partial charge in [0.2, 0.25) is 0 Å². The van der Waals surface area contributed by atoms with Crippen molar-refractivity contribution in [3.8, 4) is 6.07 Å². The number of ether oxygens (including phenoxy) is 1. The van der Waals surface area contributed by atoms with Gasteiger partial charge in [0.1, 0.15) is 0 Å². The Morgan fingerprint density at radius 3 is 2.96 bits per heavy atom. The molecule has 1 heterocycles. The molecule has 0 spiro atoms. The number of hydrogen-bond acceptors (Lipinski definition) is 4. The van der Waals surface area contributed by atoms with E-state index in [1.165, 1.54) is 5.56 Å². The van der Waals surface area contributed by atoms with Gasteiger partial charge in [-0.1, -0.05) is 18.2 Å². The third-order valence-corrected chi connectivity index (χ3v) is 4.49. The van der Waals surface area contributed by atoms with Gasteiger partial charge in [-0.3, -0.25) is 9.78 Å². The zero-order valence-corrected chi connectivity index (χ0v) is 15.2. The zero-order valence-electron chi connectivity index (χ0n) is 15.2. The predicted molar refractivity (Wildman–Crippen MR) is 98.6 cm³/mol. The number of fused-ring (bicyclic) bond motifs is 1. The second kappa shape index (κ2) is 7.67. The number of rotatable bonds is 6. The summed E-state index contributed by atoms with van der Waals surface area (Å²) < 4.78 is 5.76. The van der Waals surface area contributed by atoms with Crippen LogP contribution in [0.4, 0.5) is 0 Å². The molecule has 2 aromatic rings. The molecule has 0 aliphatic heterocycles. The van der Waals surface area contributed by atoms with Crippen LogP contribution < -0.4 is 5.32 Å². The fraction of sp³-hybridized carbons (Fsp3) is 0.381. The van der Waals surface area contributed by atoms with Crippen LogP contribution in [-0.4, -0.2) is 23.0 Å². The molecule has 0 bridgehead atoms. The highest BCUT2D eigenvalue weighted by Gasteiger charge is 2.23. The number of carbonyl (C=O) groups excluding carboxylic acids is 1. The highest BCUT2D eigenvalue weighted by atomic mass is 16.5. The highest BCUT2D eigenvalue weighted by molar-refractivity contribution is 5.94. The van der Waals surface area contributed by atoms with E-state index in [1.807, 2.05) is 38.1 Å². The fourth-order valence-corrected chi connectivity index (χ4v) is 3.14. The third kappa shape index (κ3) is 4.27. The quantitative estimate of drug-likeness (QED) is 0.869. The lowest BCUT2D eigenvalue weighted by Crippen LogP contribution is -2.47. The number of amides is 1. The maximum atomic E-state index is 12.5. The number of hydrogen-bond donors (Lipinski definition) is 1. The van der Waals surface area contributed by atoms with Crippen LogP contribution in [0.25, 0.3) is 0 Å². The van der Waals surface area contributed by atoms with E-state index >= 15 is 0 Å². The minimum Gasteiger partial charge on any atom is -0.374 e. The second-order valence-electron chi connectivity index (χ2n) is 7.28. The van der Waals surface area contributed by atoms with Crippen molar-refractivity contribution in [1.29, 1.82) is 5.26 Å². The predicted octanol–water partition coefficient (Wildman–Crippen LogP) is 3.17. The summed E-state index contributed by atoms with van der Waals surface area (Å²) in [4.78, 5) is 17.0. The maximum Gasteiger partial charge on any atom is 0.253 e. The number of pyridine rings is 1. The van der Waals surface area contributed by atoms with Gasteiger partial charge in [-0.05, 0) is 56.4 Å². The SMILES string of the molecule is CC(C)(COCc1ccccc1C#N)NC(=O)c1cnc2c(c1)CCC2. The summed E-state index contributed by atoms with van der Waals surface area (Å²) in [6.45, 7) is 4.52. The molecule has 26 heavy (non-hydrogen) atoms. The van der Waals surface area contributed by atoms with E-state index < -0.39 is 5.54 Å². The minimum atomic E-state index is -0.530. The first-order valence-corrected chi connectivity index (χ1v) is 8.84. The molecule has 1 N–H and O–H groups in total. The number of nitriles is 1. The Bertz CT molecular complexity index is 853. The van der Waals surface area contributed by atoms with E-state index in [2.05, 4.69) is 16.4 Å². The summed E-state index contributed by atoms with van der Waals surface area (Å²) in [7, 11) is 0. The lowest BCUT2D eigenvalue weighted by atomic mass is 10.1. The molecule has 0 saturated carbocycles. The average Bonchev–Trinajstić information content (AvgIpc) is 3.09. The van der Waals surface area contributed by atoms with Crippen LogP contribution >= 0.6 is 0 Å². The summed E-state index contributed by atoms with van der Waals surface area (Å²) >= 11 is 0. The highest BCUT2D eigenvalue weighted by Crippen LogP contribution is 2.20. The Labute approximate surface area is 154 Å². The third-order valence-electron chi connectivity index (χ3n) is 4.49. The van der Waals surface area contributed by atoms with Crippen molar-refractivity contribution >= 4 is 5.91 Å². The normalized spacial score (nSPS) is 13.1. The molecule has 0 unspecified atom stereocenters. The van der Waals surface area contributed by atoms with E-state index in [0.29, 0.717) is 24.3 Å². The average molecular weight is 349 g/mol. The van der Waals surface area contributed by atoms with Crippen molar-refractivity contribution in [1.82, 2.24) is 10.3 Å². The lowest BCUT2D eigenvalue weighted by Gasteiger charge is -2.26. The first kappa shape index (κ1) is 18.1. The molecule has 3 rings (SSSR count). The van der Waals surface area contributed by atoms with Crippen LogP contribution in [0.1, 0.15) is 53.0 Å². The Morgan fingerprint density at radius 1 is 1.35 bits per heavy atom. The first-order valence-electron chi connectivity index (χ1n) is 8.84. The Hall–Kier alpha value is -2.71. The molecular formula is C21H23N3O2. The molecule has 0 saturated heterocycles. The molecule has 5 heteroatoms. The van der Waals surface area contributed by atoms with Crippen molar-refractivity contribution < 1.29 is 9.53 Å². The monoisotopic (exact) mass is 349 g/mol. The molecule has 1 aromatic carbocycles. The van der Waals surface area contributed by atoms with E-state index in [-0.39, 0.29) is 5.91 Å². The van der Waals surface area contributed by atoms with Gasteiger partial charge in [0.15, 0.2) is 0 Å². The number of aryl methyl sites for hydroxylation is 2. The number of aromatic nitrogens is 1. The number of benzene rings is 1. The summed E-state index contributed by atoms with van der Waals surface area (Å²) in [6.07, 6.45) is 4.76. The molecule has 5 nitrogen and oxygen atoms in total. The molecule has 1 amide bonds. The minimum absolute atomic E-state index is 0.141. The molecule has 0 radical (unpaired) electrons. The molecular weight excluding hydrogens is 326 g/mol. The van der Waals surface area contributed by atoms with Crippen LogP contribution in [0.3, 0.4) is 0 Å². The standard InChI is InChI=1S/C21H23N3O2/c1-21(2,14-26-13-17-7-4-3-6-16(17)11-22)24-20(25)18-10-15-8-5-9-19(15)23-12-18/h3-4,6-7,10,12H,5,8-9,13-14H2,1-2H3,(H,24,25). The van der Waals surface area contributed by atoms with Gasteiger partial charge < -0.3 is 10.1 Å². The van der Waals surface area contributed by atoms with Crippen molar-refractivity contribution in [2.45, 2.75) is 45.3 Å². The molecule has 1 aliphatic rings. The van der Waals surface area contributed by atoms with Gasteiger partial charge in [-0.15, -0.1) is 0 Å². The van der Waals surface area contributed by atoms with Crippen molar-refractivity contribution in [3.63, 3.8) is 0 Å². The van der Waals surface area contributed by atoms with E-state index in [9.17, 15) is 4.79 Å². The van der Waals surface area contributed by atoms with Gasteiger partial charge >= 0.3 is 0 Å². The lowest BCUT2D eigenvalue weighted by molar-refractivity contribution is 0.0616. The maximum absolute atomic E-state index is 12.5. The van der Waals surface area contributed by atoms with Crippen LogP contribution in [0.5, 0.6) is 0 Å². The van der Waals surface area contributed by atoms with E-state index in [1.54, 1.807) is 12.3 Å². The van der Waals surface area contributed by atoms with Crippen LogP contribution in [-0.2, 0) is 24.2 Å². The summed E-state index contributed by atoms with van der Waals surface area (Å²) in [5.74, 6) is -0.141. The summed E-state index contributed by atoms with van der Waals surface area (Å²) in [5.41, 5.74) is 3.81. The summed E-state index contributed by atoms with van der Waals surface area (Å²) in [6, 6.07) is 11.5. The molecule has 134 valence electrons. The Balaban J connectivity index is 1.56. The largest absolute Gasteiger partial charge is 0.374 e. The topological polar surface area (TPSA) is 75.0 Å². The molecule has 1 aromatic heterocycles. The summed E-state index contributed by atoms with van der Waals surface area (Å²) in [5, 5.41) is 12.1. The van der Waals surface area contributed by atoms with Crippen molar-refractivity contribution in [3.05, 3.63) is 64.5 Å². The first-order chi connectivity index (χ1) is 12.5. The van der Waals surface area contributed by atoms with E-state index in [4.69, 9.17) is 10.00 Å². The number of nitrogens with one attached hydrogen (secondary N) is 1. The van der Waals surface area contributed by atoms with Crippen LogP contribution in [0.2, 0.25) is 0 Å². The number of carbonyl (C=O) groups is 1. The van der Waals surface area contributed by atoms with Crippen LogP contribution in [0, 0.1) is 11.3 Å². The second-order valence-corrected chi connectivity index (χ2v) is 7.28. The van der Waals surface area contributed by atoms with Crippen molar-refractivity contribution in [2.75, 3.05) is 6.61 Å². The van der Waals surface area contributed by atoms with E-state index in [0.717, 1.165) is 30.5 Å². The number of nitrogens with zero attached hydrogens (tertiary/aromatic N) is 2. The van der Waals surface area contributed by atoms with Gasteiger partial charge in [-0.25, -0.2) is 0 Å². The van der Waals surface area contributed by atoms with Crippen molar-refractivity contribution in [2.24, 2.45) is 0 Å². The van der Waals surface area contributed by atoms with Gasteiger partial charge in [0, 0.05) is 11.9 Å². The molecule has 1 aliphatic carbocycles. The molecule has 0 atom stereocenters. The van der Waals surface area contributed by atoms with Gasteiger partial charge in [0.05, 0.1) is 35.9 Å². The van der Waals surface area contributed by atoms with Gasteiger partial charge in [-0.2, -0.15) is 5.26 Å². The Kier molecular flexibility index (Phi) is 5.34. The van der Waals surface area contributed by atoms with Crippen LogP contribution in [0.15, 0.2) is 36.5 Å². The zero-order chi connectivity index (χ0) is 18.6. The smallest absolute Gasteiger partial charge is 0.253 e. The fourth-order valence-electron chi connectivity index (χ4n) is 3.14. The van der Waals surface area contributed by atoms with Gasteiger partial charge in [0.25, 0.3) is 5.91 Å².